The lowest BCUT2D eigenvalue weighted by Crippen LogP contribution is -2.44. The molecule has 0 aromatic carbocycles. The molecule has 0 atom stereocenters. The zero-order chi connectivity index (χ0) is 24.7. The SMILES string of the molecule is Cc1nc2ncc(-c3ccn4nc(NC5CCN(C(=O)C(C)C)CC5)ncc34)cc2n1CC(F)F. The third kappa shape index (κ3) is 4.54. The summed E-state index contributed by atoms with van der Waals surface area (Å²) in [5.74, 6) is 1.23. The fourth-order valence-corrected chi connectivity index (χ4v) is 4.64. The van der Waals surface area contributed by atoms with Gasteiger partial charge < -0.3 is 14.8 Å². The summed E-state index contributed by atoms with van der Waals surface area (Å²) in [6.45, 7) is 6.57. The number of alkyl halides is 2. The highest BCUT2D eigenvalue weighted by Gasteiger charge is 2.25. The van der Waals surface area contributed by atoms with Gasteiger partial charge in [0.05, 0.1) is 23.8 Å². The van der Waals surface area contributed by atoms with Crippen LogP contribution in [-0.4, -0.2) is 65.5 Å². The summed E-state index contributed by atoms with van der Waals surface area (Å²) in [5.41, 5.74) is 3.43. The number of piperidine rings is 1. The standard InChI is InChI=1S/C24H28F2N8O/c1-14(2)23(35)32-7-4-17(5-8-32)30-24-28-12-20-18(6-9-34(20)31-24)16-10-19-22(27-11-16)29-15(3)33(19)13-21(25)26/h6,9-12,14,17,21H,4-5,7-8,13H2,1-3H3,(H,30,31). The summed E-state index contributed by atoms with van der Waals surface area (Å²) in [5, 5.41) is 7.99. The molecule has 1 fully saturated rings. The molecule has 1 aliphatic rings. The number of pyridine rings is 1. The highest BCUT2D eigenvalue weighted by atomic mass is 19.3. The highest BCUT2D eigenvalue weighted by Crippen LogP contribution is 2.28. The number of aryl methyl sites for hydroxylation is 1. The van der Waals surface area contributed by atoms with Crippen molar-refractivity contribution in [3.05, 3.63) is 36.5 Å². The fourth-order valence-electron chi connectivity index (χ4n) is 4.64. The topological polar surface area (TPSA) is 93.2 Å². The quantitative estimate of drug-likeness (QED) is 0.450. The Morgan fingerprint density at radius 3 is 2.66 bits per heavy atom. The van der Waals surface area contributed by atoms with E-state index >= 15 is 0 Å². The zero-order valence-corrected chi connectivity index (χ0v) is 19.9. The molecule has 0 spiro atoms. The van der Waals surface area contributed by atoms with E-state index in [0.717, 1.165) is 42.6 Å². The summed E-state index contributed by atoms with van der Waals surface area (Å²) >= 11 is 0. The molecule has 0 aliphatic carbocycles. The van der Waals surface area contributed by atoms with Gasteiger partial charge in [-0.05, 0) is 31.9 Å². The van der Waals surface area contributed by atoms with Gasteiger partial charge >= 0.3 is 0 Å². The Morgan fingerprint density at radius 1 is 1.17 bits per heavy atom. The van der Waals surface area contributed by atoms with E-state index in [4.69, 9.17) is 0 Å². The Kier molecular flexibility index (Phi) is 6.08. The summed E-state index contributed by atoms with van der Waals surface area (Å²) in [6.07, 6.45) is 4.48. The Morgan fingerprint density at radius 2 is 1.94 bits per heavy atom. The van der Waals surface area contributed by atoms with Crippen LogP contribution in [0.15, 0.2) is 30.7 Å². The number of likely N-dealkylation sites (tertiary alicyclic amines) is 1. The van der Waals surface area contributed by atoms with Gasteiger partial charge in [0, 0.05) is 48.6 Å². The number of amides is 1. The van der Waals surface area contributed by atoms with Gasteiger partial charge in [-0.1, -0.05) is 13.8 Å². The lowest BCUT2D eigenvalue weighted by molar-refractivity contribution is -0.135. The number of aromatic nitrogens is 6. The normalized spacial score (nSPS) is 15.1. The first kappa shape index (κ1) is 23.1. The predicted octanol–water partition coefficient (Wildman–Crippen LogP) is 3.77. The maximum Gasteiger partial charge on any atom is 0.256 e. The molecule has 35 heavy (non-hydrogen) atoms. The number of halogens is 2. The van der Waals surface area contributed by atoms with Gasteiger partial charge in [-0.2, -0.15) is 0 Å². The first-order chi connectivity index (χ1) is 16.8. The summed E-state index contributed by atoms with van der Waals surface area (Å²) in [6, 6.07) is 3.94. The van der Waals surface area contributed by atoms with E-state index in [9.17, 15) is 13.6 Å². The highest BCUT2D eigenvalue weighted by molar-refractivity contribution is 5.85. The van der Waals surface area contributed by atoms with Crippen LogP contribution in [0.25, 0.3) is 27.8 Å². The minimum atomic E-state index is -2.48. The van der Waals surface area contributed by atoms with Gasteiger partial charge in [0.15, 0.2) is 5.65 Å². The Bertz CT molecular complexity index is 1370. The second kappa shape index (κ2) is 9.20. The number of imidazole rings is 1. The van der Waals surface area contributed by atoms with Crippen molar-refractivity contribution >= 4 is 28.5 Å². The third-order valence-electron chi connectivity index (χ3n) is 6.48. The number of carbonyl (C=O) groups is 1. The first-order valence-corrected chi connectivity index (χ1v) is 11.8. The second-order valence-corrected chi connectivity index (χ2v) is 9.27. The fraction of sp³-hybridized carbons (Fsp3) is 0.458. The van der Waals surface area contributed by atoms with Crippen LogP contribution in [-0.2, 0) is 11.3 Å². The molecule has 1 saturated heterocycles. The van der Waals surface area contributed by atoms with Crippen molar-refractivity contribution in [2.45, 2.75) is 52.6 Å². The van der Waals surface area contributed by atoms with E-state index in [1.54, 1.807) is 23.8 Å². The van der Waals surface area contributed by atoms with Crippen LogP contribution in [0, 0.1) is 12.8 Å². The molecular formula is C24H28F2N8O. The van der Waals surface area contributed by atoms with E-state index in [-0.39, 0.29) is 17.9 Å². The molecule has 11 heteroatoms. The Balaban J connectivity index is 1.35. The second-order valence-electron chi connectivity index (χ2n) is 9.27. The molecular weight excluding hydrogens is 454 g/mol. The van der Waals surface area contributed by atoms with Crippen LogP contribution in [0.5, 0.6) is 0 Å². The number of rotatable bonds is 6. The van der Waals surface area contributed by atoms with Crippen molar-refractivity contribution in [2.24, 2.45) is 5.92 Å². The number of nitrogens with one attached hydrogen (secondary N) is 1. The summed E-state index contributed by atoms with van der Waals surface area (Å²) in [7, 11) is 0. The lowest BCUT2D eigenvalue weighted by Gasteiger charge is -2.33. The molecule has 4 aromatic heterocycles. The van der Waals surface area contributed by atoms with E-state index in [1.807, 2.05) is 37.1 Å². The van der Waals surface area contributed by atoms with Crippen LogP contribution in [0.3, 0.4) is 0 Å². The van der Waals surface area contributed by atoms with E-state index in [1.165, 1.54) is 4.57 Å². The van der Waals surface area contributed by atoms with Gasteiger partial charge in [0.25, 0.3) is 6.43 Å². The molecule has 0 saturated carbocycles. The first-order valence-electron chi connectivity index (χ1n) is 11.8. The average Bonchev–Trinajstić information content (AvgIpc) is 3.39. The lowest BCUT2D eigenvalue weighted by atomic mass is 10.0. The van der Waals surface area contributed by atoms with Crippen molar-refractivity contribution in [1.82, 2.24) is 34.0 Å². The average molecular weight is 483 g/mol. The summed E-state index contributed by atoms with van der Waals surface area (Å²) in [4.78, 5) is 27.3. The molecule has 1 amide bonds. The van der Waals surface area contributed by atoms with E-state index < -0.39 is 13.0 Å². The number of hydrogen-bond acceptors (Lipinski definition) is 6. The molecule has 9 nitrogen and oxygen atoms in total. The largest absolute Gasteiger partial charge is 0.350 e. The van der Waals surface area contributed by atoms with Crippen LogP contribution in [0.4, 0.5) is 14.7 Å². The number of anilines is 1. The zero-order valence-electron chi connectivity index (χ0n) is 19.9. The third-order valence-corrected chi connectivity index (χ3v) is 6.48. The maximum atomic E-state index is 13.1. The van der Waals surface area contributed by atoms with Crippen LogP contribution in [0.2, 0.25) is 0 Å². The number of carbonyl (C=O) groups excluding carboxylic acids is 1. The van der Waals surface area contributed by atoms with Crippen molar-refractivity contribution in [1.29, 1.82) is 0 Å². The minimum Gasteiger partial charge on any atom is -0.350 e. The molecule has 184 valence electrons. The molecule has 4 aromatic rings. The molecule has 1 N–H and O–H groups in total. The van der Waals surface area contributed by atoms with E-state index in [2.05, 4.69) is 25.4 Å². The number of nitrogens with zero attached hydrogens (tertiary/aromatic N) is 7. The van der Waals surface area contributed by atoms with Gasteiger partial charge in [0.2, 0.25) is 11.9 Å². The van der Waals surface area contributed by atoms with Crippen LogP contribution >= 0.6 is 0 Å². The molecule has 0 unspecified atom stereocenters. The van der Waals surface area contributed by atoms with Crippen molar-refractivity contribution in [3.8, 4) is 11.1 Å². The van der Waals surface area contributed by atoms with Gasteiger partial charge in [0.1, 0.15) is 5.82 Å². The van der Waals surface area contributed by atoms with Crippen molar-refractivity contribution < 1.29 is 13.6 Å². The van der Waals surface area contributed by atoms with E-state index in [0.29, 0.717) is 22.9 Å². The Labute approximate surface area is 201 Å². The number of fused-ring (bicyclic) bond motifs is 2. The van der Waals surface area contributed by atoms with Crippen molar-refractivity contribution in [2.75, 3.05) is 18.4 Å². The smallest absolute Gasteiger partial charge is 0.256 e. The molecule has 1 aliphatic heterocycles. The predicted molar refractivity (Wildman–Crippen MR) is 128 cm³/mol. The molecule has 0 radical (unpaired) electrons. The van der Waals surface area contributed by atoms with Crippen LogP contribution < -0.4 is 5.32 Å². The molecule has 5 rings (SSSR count). The van der Waals surface area contributed by atoms with Gasteiger partial charge in [-0.3, -0.25) is 4.79 Å². The number of hydrogen-bond donors (Lipinski definition) is 1. The van der Waals surface area contributed by atoms with Crippen LogP contribution in [0.1, 0.15) is 32.5 Å². The van der Waals surface area contributed by atoms with Gasteiger partial charge in [-0.15, -0.1) is 5.10 Å². The Hall–Kier alpha value is -3.63. The summed E-state index contributed by atoms with van der Waals surface area (Å²) < 4.78 is 29.4. The van der Waals surface area contributed by atoms with Gasteiger partial charge in [-0.25, -0.2) is 28.2 Å². The molecule has 0 bridgehead atoms. The maximum absolute atomic E-state index is 13.1. The minimum absolute atomic E-state index is 0.0120. The monoisotopic (exact) mass is 482 g/mol. The van der Waals surface area contributed by atoms with Crippen molar-refractivity contribution in [3.63, 3.8) is 0 Å². The molecule has 5 heterocycles.